The van der Waals surface area contributed by atoms with Crippen molar-refractivity contribution < 1.29 is 19.4 Å². The van der Waals surface area contributed by atoms with Gasteiger partial charge >= 0.3 is 0 Å². The first-order valence-electron chi connectivity index (χ1n) is 10.5. The molecule has 1 aliphatic rings. The summed E-state index contributed by atoms with van der Waals surface area (Å²) in [7, 11) is 3.39. The second-order valence-electron chi connectivity index (χ2n) is 7.90. The Hall–Kier alpha value is -3.25. The zero-order valence-electron chi connectivity index (χ0n) is 18.3. The summed E-state index contributed by atoms with van der Waals surface area (Å²) in [5.74, 6) is -1.25. The van der Waals surface area contributed by atoms with Crippen LogP contribution in [0.4, 0.5) is 0 Å². The van der Waals surface area contributed by atoms with Crippen molar-refractivity contribution in [3.8, 4) is 5.75 Å². The van der Waals surface area contributed by atoms with E-state index < -0.39 is 17.7 Å². The van der Waals surface area contributed by atoms with E-state index in [1.165, 1.54) is 13.2 Å². The molecule has 7 heteroatoms. The number of rotatable bonds is 6. The fourth-order valence-corrected chi connectivity index (χ4v) is 4.54. The number of ether oxygens (including phenoxy) is 1. The lowest BCUT2D eigenvalue weighted by Gasteiger charge is -2.25. The minimum Gasteiger partial charge on any atom is -0.507 e. The number of benzene rings is 2. The lowest BCUT2D eigenvalue weighted by molar-refractivity contribution is -0.139. The molecule has 1 aromatic heterocycles. The third-order valence-corrected chi connectivity index (χ3v) is 6.17. The number of aromatic nitrogens is 1. The zero-order valence-corrected chi connectivity index (χ0v) is 19.0. The fraction of sp³-hybridized carbons (Fsp3) is 0.280. The number of aliphatic hydroxyl groups excluding tert-OH is 1. The number of nitrogens with zero attached hydrogens (tertiary/aromatic N) is 2. The number of halogens is 1. The average molecular weight is 453 g/mol. The lowest BCUT2D eigenvalue weighted by atomic mass is 9.94. The Morgan fingerprint density at radius 2 is 1.94 bits per heavy atom. The molecule has 1 unspecified atom stereocenters. The molecule has 1 amide bonds. The minimum absolute atomic E-state index is 0.0445. The summed E-state index contributed by atoms with van der Waals surface area (Å²) >= 11 is 6.17. The molecule has 4 rings (SSSR count). The number of likely N-dealkylation sites (tertiary alicyclic amines) is 1. The zero-order chi connectivity index (χ0) is 23.0. The molecule has 2 heterocycles. The van der Waals surface area contributed by atoms with Crippen LogP contribution in [-0.4, -0.2) is 39.9 Å². The topological polar surface area (TPSA) is 71.8 Å². The van der Waals surface area contributed by atoms with E-state index >= 15 is 0 Å². The Morgan fingerprint density at radius 3 is 2.66 bits per heavy atom. The monoisotopic (exact) mass is 452 g/mol. The number of para-hydroxylation sites is 1. The number of carbonyl (C=O) groups is 2. The summed E-state index contributed by atoms with van der Waals surface area (Å²) in [6.45, 7) is 2.44. The molecule has 0 saturated carbocycles. The van der Waals surface area contributed by atoms with E-state index in [0.29, 0.717) is 17.3 Å². The highest BCUT2D eigenvalue weighted by Crippen LogP contribution is 2.43. The maximum atomic E-state index is 13.2. The molecule has 0 spiro atoms. The van der Waals surface area contributed by atoms with Gasteiger partial charge in [0.15, 0.2) is 0 Å². The van der Waals surface area contributed by atoms with Gasteiger partial charge in [-0.2, -0.15) is 0 Å². The molecule has 32 heavy (non-hydrogen) atoms. The Bertz CT molecular complexity index is 1240. The Kier molecular flexibility index (Phi) is 5.98. The first-order chi connectivity index (χ1) is 15.4. The first-order valence-corrected chi connectivity index (χ1v) is 10.9. The van der Waals surface area contributed by atoms with Crippen LogP contribution in [0.25, 0.3) is 16.7 Å². The van der Waals surface area contributed by atoms with Crippen molar-refractivity contribution in [3.63, 3.8) is 0 Å². The number of Topliss-reactive ketones (excluding diaryl/α,β-unsaturated/α-hetero) is 1. The van der Waals surface area contributed by atoms with Crippen molar-refractivity contribution in [2.45, 2.75) is 25.8 Å². The van der Waals surface area contributed by atoms with Crippen molar-refractivity contribution >= 4 is 40.0 Å². The second kappa shape index (κ2) is 8.71. The summed E-state index contributed by atoms with van der Waals surface area (Å²) in [5, 5.41) is 12.6. The van der Waals surface area contributed by atoms with E-state index in [9.17, 15) is 14.7 Å². The normalized spacial score (nSPS) is 18.0. The maximum absolute atomic E-state index is 13.2. The molecule has 1 fully saturated rings. The third kappa shape index (κ3) is 3.54. The molecule has 0 bridgehead atoms. The SMILES string of the molecule is CCCCN1C(=O)C(=O)/C(=C(/O)c2cc(Cl)ccc2OC)C1c1cn(C)c2ccccc12. The van der Waals surface area contributed by atoms with Crippen LogP contribution < -0.4 is 4.74 Å². The predicted molar refractivity (Wildman–Crippen MR) is 125 cm³/mol. The number of fused-ring (bicyclic) bond motifs is 1. The number of amides is 1. The van der Waals surface area contributed by atoms with Crippen molar-refractivity contribution in [1.29, 1.82) is 0 Å². The van der Waals surface area contributed by atoms with Crippen molar-refractivity contribution in [2.75, 3.05) is 13.7 Å². The number of aliphatic hydroxyl groups is 1. The number of unbranched alkanes of at least 4 members (excludes halogenated alkanes) is 1. The van der Waals surface area contributed by atoms with E-state index in [1.807, 2.05) is 49.0 Å². The molecular weight excluding hydrogens is 428 g/mol. The summed E-state index contributed by atoms with van der Waals surface area (Å²) in [5.41, 5.74) is 2.09. The second-order valence-corrected chi connectivity index (χ2v) is 8.34. The molecule has 166 valence electrons. The summed E-state index contributed by atoms with van der Waals surface area (Å²) in [6, 6.07) is 11.9. The van der Waals surface area contributed by atoms with Gasteiger partial charge in [0, 0.05) is 41.3 Å². The average Bonchev–Trinajstić information content (AvgIpc) is 3.25. The number of ketones is 1. The van der Waals surface area contributed by atoms with Crippen LogP contribution in [0.1, 0.15) is 36.9 Å². The van der Waals surface area contributed by atoms with Gasteiger partial charge in [-0.25, -0.2) is 0 Å². The molecule has 1 N–H and O–H groups in total. The first kappa shape index (κ1) is 22.0. The fourth-order valence-electron chi connectivity index (χ4n) is 4.36. The molecule has 2 aromatic carbocycles. The summed E-state index contributed by atoms with van der Waals surface area (Å²) in [6.07, 6.45) is 3.53. The molecule has 0 aliphatic carbocycles. The predicted octanol–water partition coefficient (Wildman–Crippen LogP) is 5.06. The van der Waals surface area contributed by atoms with Crippen LogP contribution in [0.3, 0.4) is 0 Å². The van der Waals surface area contributed by atoms with Crippen LogP contribution in [0.2, 0.25) is 5.02 Å². The van der Waals surface area contributed by atoms with Gasteiger partial charge in [-0.3, -0.25) is 9.59 Å². The van der Waals surface area contributed by atoms with E-state index in [4.69, 9.17) is 16.3 Å². The highest BCUT2D eigenvalue weighted by atomic mass is 35.5. The highest BCUT2D eigenvalue weighted by Gasteiger charge is 2.47. The van der Waals surface area contributed by atoms with E-state index in [-0.39, 0.29) is 16.9 Å². The van der Waals surface area contributed by atoms with Gasteiger partial charge in [0.2, 0.25) is 0 Å². The number of hydrogen-bond acceptors (Lipinski definition) is 4. The number of carbonyl (C=O) groups excluding carboxylic acids is 2. The standard InChI is InChI=1S/C25H25ClN2O4/c1-4-5-12-28-22(18-14-27(2)19-9-7-6-8-16(18)19)21(24(30)25(28)31)23(29)17-13-15(26)10-11-20(17)32-3/h6-11,13-14,22,29H,4-5,12H2,1-3H3/b23-21+. The Labute approximate surface area is 191 Å². The maximum Gasteiger partial charge on any atom is 0.295 e. The van der Waals surface area contributed by atoms with Gasteiger partial charge in [-0.1, -0.05) is 43.1 Å². The van der Waals surface area contributed by atoms with Gasteiger partial charge in [-0.05, 0) is 30.7 Å². The van der Waals surface area contributed by atoms with Crippen LogP contribution in [0.15, 0.2) is 54.2 Å². The van der Waals surface area contributed by atoms with Gasteiger partial charge in [0.05, 0.1) is 24.3 Å². The van der Waals surface area contributed by atoms with Gasteiger partial charge in [-0.15, -0.1) is 0 Å². The van der Waals surface area contributed by atoms with Crippen molar-refractivity contribution in [1.82, 2.24) is 9.47 Å². The van der Waals surface area contributed by atoms with Crippen LogP contribution in [0, 0.1) is 0 Å². The lowest BCUT2D eigenvalue weighted by Crippen LogP contribution is -2.30. The highest BCUT2D eigenvalue weighted by molar-refractivity contribution is 6.46. The smallest absolute Gasteiger partial charge is 0.295 e. The molecule has 3 aromatic rings. The van der Waals surface area contributed by atoms with Gasteiger partial charge in [0.25, 0.3) is 11.7 Å². The molecular formula is C25H25ClN2O4. The van der Waals surface area contributed by atoms with E-state index in [2.05, 4.69) is 0 Å². The van der Waals surface area contributed by atoms with E-state index in [0.717, 1.165) is 29.3 Å². The van der Waals surface area contributed by atoms with Gasteiger partial charge < -0.3 is 19.3 Å². The van der Waals surface area contributed by atoms with Crippen molar-refractivity contribution in [2.24, 2.45) is 7.05 Å². The van der Waals surface area contributed by atoms with Crippen LogP contribution in [0.5, 0.6) is 5.75 Å². The molecule has 0 radical (unpaired) electrons. The third-order valence-electron chi connectivity index (χ3n) is 5.93. The largest absolute Gasteiger partial charge is 0.507 e. The van der Waals surface area contributed by atoms with Crippen molar-refractivity contribution in [3.05, 3.63) is 70.4 Å². The quantitative estimate of drug-likeness (QED) is 0.322. The number of aryl methyl sites for hydroxylation is 1. The van der Waals surface area contributed by atoms with Gasteiger partial charge in [0.1, 0.15) is 11.5 Å². The molecule has 1 saturated heterocycles. The van der Waals surface area contributed by atoms with E-state index in [1.54, 1.807) is 17.0 Å². The minimum atomic E-state index is -0.712. The summed E-state index contributed by atoms with van der Waals surface area (Å²) < 4.78 is 7.35. The Morgan fingerprint density at radius 1 is 1.19 bits per heavy atom. The van der Waals surface area contributed by atoms with Crippen LogP contribution in [-0.2, 0) is 16.6 Å². The molecule has 1 aliphatic heterocycles. The molecule has 1 atom stereocenters. The summed E-state index contributed by atoms with van der Waals surface area (Å²) in [4.78, 5) is 27.9. The van der Waals surface area contributed by atoms with Crippen LogP contribution >= 0.6 is 11.6 Å². The molecule has 6 nitrogen and oxygen atoms in total. The number of hydrogen-bond donors (Lipinski definition) is 1. The number of methoxy groups -OCH3 is 1. The Balaban J connectivity index is 1.99.